The van der Waals surface area contributed by atoms with Crippen LogP contribution in [0.4, 0.5) is 11.5 Å². The number of aromatic amines is 1. The molecule has 0 amide bonds. The van der Waals surface area contributed by atoms with Gasteiger partial charge in [0.05, 0.1) is 10.5 Å². The number of H-pyrrole nitrogens is 1. The minimum Gasteiger partial charge on any atom is -0.481 e. The van der Waals surface area contributed by atoms with Crippen LogP contribution in [0.15, 0.2) is 40.1 Å². The molecule has 23 heavy (non-hydrogen) atoms. The molecule has 118 valence electrons. The van der Waals surface area contributed by atoms with Gasteiger partial charge in [-0.25, -0.2) is 4.99 Å². The van der Waals surface area contributed by atoms with Crippen LogP contribution in [0.5, 0.6) is 0 Å². The van der Waals surface area contributed by atoms with E-state index in [1.54, 1.807) is 6.07 Å². The van der Waals surface area contributed by atoms with E-state index in [4.69, 9.17) is 0 Å². The van der Waals surface area contributed by atoms with Crippen molar-refractivity contribution in [3.05, 3.63) is 56.4 Å². The summed E-state index contributed by atoms with van der Waals surface area (Å²) in [6.07, 6.45) is 0. The lowest BCUT2D eigenvalue weighted by Crippen LogP contribution is -2.36. The first-order chi connectivity index (χ1) is 10.9. The van der Waals surface area contributed by atoms with Gasteiger partial charge in [0.25, 0.3) is 11.2 Å². The molecule has 0 aliphatic carbocycles. The van der Waals surface area contributed by atoms with Gasteiger partial charge in [-0.1, -0.05) is 12.1 Å². The Morgan fingerprint density at radius 3 is 2.78 bits per heavy atom. The van der Waals surface area contributed by atoms with Gasteiger partial charge in [0, 0.05) is 17.8 Å². The van der Waals surface area contributed by atoms with Crippen molar-refractivity contribution in [3.63, 3.8) is 0 Å². The minimum absolute atomic E-state index is 0.201. The number of aliphatic imine (C=N–C) groups is 1. The fraction of sp³-hybridized carbons (Fsp3) is 0.214. The molecule has 2 aromatic rings. The Labute approximate surface area is 129 Å². The van der Waals surface area contributed by atoms with Crippen LogP contribution in [0.1, 0.15) is 18.5 Å². The number of aliphatic carboxylic acids is 1. The molecule has 9 nitrogen and oxygen atoms in total. The summed E-state index contributed by atoms with van der Waals surface area (Å²) < 4.78 is 1.27. The number of rotatable bonds is 3. The largest absolute Gasteiger partial charge is 0.481 e. The third-order valence-corrected chi connectivity index (χ3v) is 3.79. The molecule has 2 atom stereocenters. The van der Waals surface area contributed by atoms with Gasteiger partial charge < -0.3 is 5.11 Å². The van der Waals surface area contributed by atoms with E-state index in [0.717, 1.165) is 0 Å². The maximum Gasteiger partial charge on any atom is 0.314 e. The van der Waals surface area contributed by atoms with Crippen LogP contribution in [0.25, 0.3) is 0 Å². The highest BCUT2D eigenvalue weighted by Crippen LogP contribution is 2.38. The maximum absolute atomic E-state index is 11.7. The third-order valence-electron chi connectivity index (χ3n) is 3.79. The summed E-state index contributed by atoms with van der Waals surface area (Å²) >= 11 is 0. The molecule has 9 heteroatoms. The number of carboxylic acid groups (broad SMARTS) is 1. The molecular weight excluding hydrogens is 304 g/mol. The zero-order valence-electron chi connectivity index (χ0n) is 12.0. The van der Waals surface area contributed by atoms with Crippen molar-refractivity contribution in [3.8, 4) is 0 Å². The zero-order chi connectivity index (χ0) is 16.7. The quantitative estimate of drug-likeness (QED) is 0.654. The number of benzene rings is 1. The summed E-state index contributed by atoms with van der Waals surface area (Å²) in [6, 6.07) is 6.15. The number of hydrogen-bond donors (Lipinski definition) is 2. The Kier molecular flexibility index (Phi) is 3.32. The number of nitro benzene ring substituents is 1. The molecule has 1 aromatic carbocycles. The molecule has 1 aromatic heterocycles. The number of hydrogen-bond acceptors (Lipinski definition) is 5. The Bertz CT molecular complexity index is 895. The highest BCUT2D eigenvalue weighted by atomic mass is 16.6. The lowest BCUT2D eigenvalue weighted by molar-refractivity contribution is -0.385. The smallest absolute Gasteiger partial charge is 0.314 e. The highest BCUT2D eigenvalue weighted by molar-refractivity contribution is 6.03. The number of nitrogens with one attached hydrogen (secondary N) is 1. The fourth-order valence-corrected chi connectivity index (χ4v) is 2.86. The molecule has 0 radical (unpaired) electrons. The number of carboxylic acids is 1. The maximum atomic E-state index is 11.7. The van der Waals surface area contributed by atoms with Crippen LogP contribution in [0.3, 0.4) is 0 Å². The van der Waals surface area contributed by atoms with Gasteiger partial charge in [-0.15, -0.1) is 0 Å². The molecule has 2 heterocycles. The van der Waals surface area contributed by atoms with Crippen LogP contribution < -0.4 is 5.56 Å². The van der Waals surface area contributed by atoms with Gasteiger partial charge in [0.1, 0.15) is 12.0 Å². The second-order valence-corrected chi connectivity index (χ2v) is 5.18. The Morgan fingerprint density at radius 2 is 2.13 bits per heavy atom. The molecule has 2 N–H and O–H groups in total. The summed E-state index contributed by atoms with van der Waals surface area (Å²) in [5.74, 6) is -2.05. The van der Waals surface area contributed by atoms with Crippen LogP contribution >= 0.6 is 0 Å². The zero-order valence-corrected chi connectivity index (χ0v) is 12.0. The van der Waals surface area contributed by atoms with Gasteiger partial charge in [0.15, 0.2) is 5.82 Å². The second-order valence-electron chi connectivity index (χ2n) is 5.18. The summed E-state index contributed by atoms with van der Waals surface area (Å²) in [7, 11) is 0. The number of nitrogens with zero attached hydrogens (tertiary/aromatic N) is 3. The predicted molar refractivity (Wildman–Crippen MR) is 80.2 cm³/mol. The van der Waals surface area contributed by atoms with Crippen LogP contribution in [-0.4, -0.2) is 31.5 Å². The monoisotopic (exact) mass is 316 g/mol. The lowest BCUT2D eigenvalue weighted by Gasteiger charge is -2.29. The van der Waals surface area contributed by atoms with Crippen molar-refractivity contribution < 1.29 is 14.8 Å². The first kappa shape index (κ1) is 14.7. The number of carbonyl (C=O) groups is 1. The third kappa shape index (κ3) is 2.31. The van der Waals surface area contributed by atoms with E-state index in [9.17, 15) is 24.8 Å². The summed E-state index contributed by atoms with van der Waals surface area (Å²) in [5, 5.41) is 23.3. The number of aromatic nitrogens is 2. The standard InChI is InChI=1S/C14H12N4O5/c1-7-12(14(20)21)13(17-10(15-7)6-11(19)16-17)8-4-2-3-5-9(8)18(22)23/h2-6,12-13H,1H3,(H,16,19)(H,20,21). The molecule has 0 spiro atoms. The Hall–Kier alpha value is -3.23. The SMILES string of the molecule is CC1=Nc2cc(=O)[nH]n2C(c2ccccc2[N+](=O)[O-])C1C(=O)O. The van der Waals surface area contributed by atoms with Gasteiger partial charge in [-0.05, 0) is 13.0 Å². The van der Waals surface area contributed by atoms with Crippen LogP contribution in [0.2, 0.25) is 0 Å². The van der Waals surface area contributed by atoms with E-state index in [2.05, 4.69) is 10.1 Å². The highest BCUT2D eigenvalue weighted by Gasteiger charge is 2.40. The number of fused-ring (bicyclic) bond motifs is 1. The lowest BCUT2D eigenvalue weighted by atomic mass is 9.87. The summed E-state index contributed by atoms with van der Waals surface area (Å²) in [4.78, 5) is 38.1. The van der Waals surface area contributed by atoms with Gasteiger partial charge in [-0.2, -0.15) is 0 Å². The van der Waals surface area contributed by atoms with Crippen molar-refractivity contribution in [2.24, 2.45) is 10.9 Å². The normalized spacial score (nSPS) is 19.8. The second kappa shape index (κ2) is 5.20. The van der Waals surface area contributed by atoms with Gasteiger partial charge >= 0.3 is 5.97 Å². The van der Waals surface area contributed by atoms with Gasteiger partial charge in [0.2, 0.25) is 0 Å². The molecule has 2 unspecified atom stereocenters. The molecule has 1 aliphatic heterocycles. The minimum atomic E-state index is -1.17. The summed E-state index contributed by atoms with van der Waals surface area (Å²) in [5.41, 5.74) is -0.183. The van der Waals surface area contributed by atoms with E-state index in [1.165, 1.54) is 35.9 Å². The Balaban J connectivity index is 2.30. The van der Waals surface area contributed by atoms with Crippen molar-refractivity contribution in [1.82, 2.24) is 9.78 Å². The molecule has 0 bridgehead atoms. The topological polar surface area (TPSA) is 131 Å². The molecular formula is C14H12N4O5. The van der Waals surface area contributed by atoms with Crippen LogP contribution in [-0.2, 0) is 4.79 Å². The van der Waals surface area contributed by atoms with E-state index < -0.39 is 28.4 Å². The van der Waals surface area contributed by atoms with E-state index in [-0.39, 0.29) is 22.8 Å². The summed E-state index contributed by atoms with van der Waals surface area (Å²) in [6.45, 7) is 1.53. The average molecular weight is 316 g/mol. The first-order valence-electron chi connectivity index (χ1n) is 6.73. The number of nitro groups is 1. The predicted octanol–water partition coefficient (Wildman–Crippen LogP) is 1.48. The molecule has 0 fully saturated rings. The fourth-order valence-electron chi connectivity index (χ4n) is 2.86. The van der Waals surface area contributed by atoms with E-state index in [0.29, 0.717) is 0 Å². The average Bonchev–Trinajstić information content (AvgIpc) is 2.85. The van der Waals surface area contributed by atoms with Gasteiger partial charge in [-0.3, -0.25) is 29.5 Å². The van der Waals surface area contributed by atoms with Crippen molar-refractivity contribution >= 4 is 23.2 Å². The van der Waals surface area contributed by atoms with Crippen LogP contribution in [0, 0.1) is 16.0 Å². The number of para-hydroxylation sites is 1. The van der Waals surface area contributed by atoms with Crippen molar-refractivity contribution in [2.45, 2.75) is 13.0 Å². The van der Waals surface area contributed by atoms with Crippen molar-refractivity contribution in [2.75, 3.05) is 0 Å². The molecule has 0 saturated heterocycles. The first-order valence-corrected chi connectivity index (χ1v) is 6.73. The van der Waals surface area contributed by atoms with E-state index >= 15 is 0 Å². The molecule has 0 saturated carbocycles. The molecule has 1 aliphatic rings. The molecule has 3 rings (SSSR count). The van der Waals surface area contributed by atoms with Crippen molar-refractivity contribution in [1.29, 1.82) is 0 Å². The Morgan fingerprint density at radius 1 is 1.43 bits per heavy atom. The van der Waals surface area contributed by atoms with E-state index in [1.807, 2.05) is 0 Å².